The Morgan fingerprint density at radius 2 is 1.94 bits per heavy atom. The number of carbonyl (C=O) groups is 2. The molecule has 0 saturated carbocycles. The van der Waals surface area contributed by atoms with E-state index in [1.165, 1.54) is 7.11 Å². The van der Waals surface area contributed by atoms with Gasteiger partial charge in [0.15, 0.2) is 6.10 Å². The number of methoxy groups -OCH3 is 1. The first-order chi connectivity index (χ1) is 8.45. The second-order valence-corrected chi connectivity index (χ2v) is 3.78. The molecule has 0 aromatic heterocycles. The minimum Gasteiger partial charge on any atom is -0.497 e. The number of carboxylic acids is 2. The topological polar surface area (TPSA) is 104 Å². The Bertz CT molecular complexity index is 442. The first kappa shape index (κ1) is 14.0. The second kappa shape index (κ2) is 6.02. The predicted octanol–water partition coefficient (Wildman–Crippen LogP) is 0.384. The minimum atomic E-state index is -1.94. The Morgan fingerprint density at radius 1 is 1.28 bits per heavy atom. The summed E-state index contributed by atoms with van der Waals surface area (Å²) in [5.41, 5.74) is 0.585. The summed E-state index contributed by atoms with van der Waals surface area (Å²) in [6, 6.07) is 6.60. The number of aliphatic carboxylic acids is 2. The highest BCUT2D eigenvalue weighted by Crippen LogP contribution is 2.18. The van der Waals surface area contributed by atoms with Crippen molar-refractivity contribution in [3.63, 3.8) is 0 Å². The number of hydrogen-bond acceptors (Lipinski definition) is 4. The highest BCUT2D eigenvalue weighted by molar-refractivity contribution is 5.81. The van der Waals surface area contributed by atoms with Crippen LogP contribution in [0.1, 0.15) is 5.56 Å². The zero-order valence-electron chi connectivity index (χ0n) is 9.74. The number of ether oxygens (including phenoxy) is 1. The average Bonchev–Trinajstić information content (AvgIpc) is 2.35. The Hall–Kier alpha value is -2.08. The third kappa shape index (κ3) is 3.46. The summed E-state index contributed by atoms with van der Waals surface area (Å²) < 4.78 is 4.98. The molecular formula is C12H14O6. The molecule has 0 unspecified atom stereocenters. The summed E-state index contributed by atoms with van der Waals surface area (Å²) in [4.78, 5) is 21.6. The van der Waals surface area contributed by atoms with Gasteiger partial charge in [-0.1, -0.05) is 12.1 Å². The minimum absolute atomic E-state index is 0.0833. The Balaban J connectivity index is 2.89. The van der Waals surface area contributed by atoms with Gasteiger partial charge in [-0.2, -0.15) is 0 Å². The number of aliphatic hydroxyl groups excluding tert-OH is 1. The zero-order valence-corrected chi connectivity index (χ0v) is 9.74. The molecule has 1 aromatic carbocycles. The van der Waals surface area contributed by atoms with Crippen LogP contribution in [0.3, 0.4) is 0 Å². The second-order valence-electron chi connectivity index (χ2n) is 3.78. The van der Waals surface area contributed by atoms with Crippen molar-refractivity contribution in [1.29, 1.82) is 0 Å². The van der Waals surface area contributed by atoms with Crippen LogP contribution in [-0.2, 0) is 16.0 Å². The van der Waals surface area contributed by atoms with Crippen LogP contribution in [0.4, 0.5) is 0 Å². The van der Waals surface area contributed by atoms with E-state index in [9.17, 15) is 14.7 Å². The Labute approximate surface area is 103 Å². The van der Waals surface area contributed by atoms with Crippen LogP contribution in [0, 0.1) is 5.92 Å². The zero-order chi connectivity index (χ0) is 13.7. The number of hydrogen-bond donors (Lipinski definition) is 3. The summed E-state index contributed by atoms with van der Waals surface area (Å²) in [5.74, 6) is -3.76. The van der Waals surface area contributed by atoms with E-state index in [0.29, 0.717) is 11.3 Å². The summed E-state index contributed by atoms with van der Waals surface area (Å²) in [7, 11) is 1.47. The molecular weight excluding hydrogens is 240 g/mol. The average molecular weight is 254 g/mol. The molecule has 0 aliphatic carbocycles. The molecule has 1 aromatic rings. The van der Waals surface area contributed by atoms with Gasteiger partial charge in [0.2, 0.25) is 0 Å². The monoisotopic (exact) mass is 254 g/mol. The predicted molar refractivity (Wildman–Crippen MR) is 61.5 cm³/mol. The molecule has 1 rings (SSSR count). The van der Waals surface area contributed by atoms with Crippen molar-refractivity contribution in [3.8, 4) is 5.75 Å². The summed E-state index contributed by atoms with van der Waals surface area (Å²) in [6.07, 6.45) is -2.02. The van der Waals surface area contributed by atoms with Crippen molar-refractivity contribution in [2.45, 2.75) is 12.5 Å². The van der Waals surface area contributed by atoms with E-state index in [4.69, 9.17) is 14.9 Å². The molecule has 6 heteroatoms. The molecule has 0 aliphatic rings. The van der Waals surface area contributed by atoms with Gasteiger partial charge in [0, 0.05) is 0 Å². The number of benzene rings is 1. The van der Waals surface area contributed by atoms with Crippen LogP contribution < -0.4 is 4.74 Å². The first-order valence-electron chi connectivity index (χ1n) is 5.22. The largest absolute Gasteiger partial charge is 0.497 e. The van der Waals surface area contributed by atoms with Gasteiger partial charge in [0.25, 0.3) is 0 Å². The van der Waals surface area contributed by atoms with Crippen LogP contribution in [0.5, 0.6) is 5.75 Å². The number of aliphatic hydroxyl groups is 1. The third-order valence-corrected chi connectivity index (χ3v) is 2.54. The molecule has 0 saturated heterocycles. The standard InChI is InChI=1S/C12H14O6/c1-18-8-4-2-3-7(5-8)6-9(11(14)15)10(13)12(16)17/h2-5,9-10,13H,6H2,1H3,(H,14,15)(H,16,17)/t9-,10+/m1/s1. The third-order valence-electron chi connectivity index (χ3n) is 2.54. The molecule has 0 heterocycles. The first-order valence-corrected chi connectivity index (χ1v) is 5.22. The maximum absolute atomic E-state index is 10.9. The molecule has 0 radical (unpaired) electrons. The van der Waals surface area contributed by atoms with Crippen LogP contribution in [0.2, 0.25) is 0 Å². The molecule has 3 N–H and O–H groups in total. The quantitative estimate of drug-likeness (QED) is 0.678. The lowest BCUT2D eigenvalue weighted by Gasteiger charge is -2.15. The van der Waals surface area contributed by atoms with Gasteiger partial charge in [-0.05, 0) is 24.1 Å². The highest BCUT2D eigenvalue weighted by Gasteiger charge is 2.32. The van der Waals surface area contributed by atoms with E-state index >= 15 is 0 Å². The fraction of sp³-hybridized carbons (Fsp3) is 0.333. The van der Waals surface area contributed by atoms with Gasteiger partial charge < -0.3 is 20.1 Å². The smallest absolute Gasteiger partial charge is 0.333 e. The van der Waals surface area contributed by atoms with Crippen molar-refractivity contribution < 1.29 is 29.6 Å². The van der Waals surface area contributed by atoms with E-state index in [1.54, 1.807) is 24.3 Å². The molecule has 18 heavy (non-hydrogen) atoms. The molecule has 0 amide bonds. The van der Waals surface area contributed by atoms with Crippen LogP contribution in [-0.4, -0.2) is 40.5 Å². The fourth-order valence-electron chi connectivity index (χ4n) is 1.56. The molecule has 6 nitrogen and oxygen atoms in total. The lowest BCUT2D eigenvalue weighted by Crippen LogP contribution is -2.36. The van der Waals surface area contributed by atoms with Crippen molar-refractivity contribution >= 4 is 11.9 Å². The van der Waals surface area contributed by atoms with Crippen molar-refractivity contribution in [3.05, 3.63) is 29.8 Å². The molecule has 0 aliphatic heterocycles. The molecule has 98 valence electrons. The number of rotatable bonds is 6. The van der Waals surface area contributed by atoms with Gasteiger partial charge in [-0.25, -0.2) is 4.79 Å². The Morgan fingerprint density at radius 3 is 2.44 bits per heavy atom. The highest BCUT2D eigenvalue weighted by atomic mass is 16.5. The van der Waals surface area contributed by atoms with E-state index in [1.807, 2.05) is 0 Å². The van der Waals surface area contributed by atoms with Gasteiger partial charge in [-0.15, -0.1) is 0 Å². The molecule has 2 atom stereocenters. The molecule has 0 spiro atoms. The lowest BCUT2D eigenvalue weighted by atomic mass is 9.94. The Kier molecular flexibility index (Phi) is 4.67. The van der Waals surface area contributed by atoms with Crippen molar-refractivity contribution in [1.82, 2.24) is 0 Å². The summed E-state index contributed by atoms with van der Waals surface area (Å²) in [6.45, 7) is 0. The van der Waals surface area contributed by atoms with Crippen LogP contribution in [0.15, 0.2) is 24.3 Å². The normalized spacial score (nSPS) is 13.7. The maximum Gasteiger partial charge on any atom is 0.333 e. The van der Waals surface area contributed by atoms with Gasteiger partial charge in [-0.3, -0.25) is 4.79 Å². The van der Waals surface area contributed by atoms with E-state index < -0.39 is 24.0 Å². The van der Waals surface area contributed by atoms with E-state index in [2.05, 4.69) is 0 Å². The van der Waals surface area contributed by atoms with Crippen molar-refractivity contribution in [2.24, 2.45) is 5.92 Å². The van der Waals surface area contributed by atoms with Gasteiger partial charge >= 0.3 is 11.9 Å². The van der Waals surface area contributed by atoms with E-state index in [-0.39, 0.29) is 6.42 Å². The summed E-state index contributed by atoms with van der Waals surface area (Å²) in [5, 5.41) is 26.9. The number of carboxylic acid groups (broad SMARTS) is 2. The van der Waals surface area contributed by atoms with Gasteiger partial charge in [0.1, 0.15) is 5.75 Å². The maximum atomic E-state index is 10.9. The van der Waals surface area contributed by atoms with Crippen LogP contribution in [0.25, 0.3) is 0 Å². The van der Waals surface area contributed by atoms with E-state index in [0.717, 1.165) is 0 Å². The van der Waals surface area contributed by atoms with Crippen molar-refractivity contribution in [2.75, 3.05) is 7.11 Å². The fourth-order valence-corrected chi connectivity index (χ4v) is 1.56. The lowest BCUT2D eigenvalue weighted by molar-refractivity contribution is -0.159. The molecule has 0 bridgehead atoms. The summed E-state index contributed by atoms with van der Waals surface area (Å²) >= 11 is 0. The molecule has 0 fully saturated rings. The SMILES string of the molecule is COc1cccc(C[C@@H](C(=O)O)[C@H](O)C(=O)O)c1. The van der Waals surface area contributed by atoms with Crippen LogP contribution >= 0.6 is 0 Å². The van der Waals surface area contributed by atoms with Gasteiger partial charge in [0.05, 0.1) is 13.0 Å².